The van der Waals surface area contributed by atoms with Crippen molar-refractivity contribution in [1.82, 2.24) is 14.9 Å². The van der Waals surface area contributed by atoms with E-state index in [1.54, 1.807) is 6.07 Å². The number of nitrogens with zero attached hydrogens (tertiary/aromatic N) is 3. The lowest BCUT2D eigenvalue weighted by Gasteiger charge is -2.26. The number of benzene rings is 1. The Labute approximate surface area is 147 Å². The van der Waals surface area contributed by atoms with Gasteiger partial charge in [-0.3, -0.25) is 0 Å². The van der Waals surface area contributed by atoms with Gasteiger partial charge in [0, 0.05) is 6.54 Å². The molecule has 0 fully saturated rings. The molecule has 1 N–H and O–H groups in total. The molecular weight excluding hydrogens is 349 g/mol. The average Bonchev–Trinajstić information content (AvgIpc) is 3.03. The summed E-state index contributed by atoms with van der Waals surface area (Å²) in [6, 6.07) is 7.14. The van der Waals surface area contributed by atoms with E-state index in [0.29, 0.717) is 17.9 Å². The number of anilines is 1. The summed E-state index contributed by atoms with van der Waals surface area (Å²) >= 11 is 1.52. The lowest BCUT2D eigenvalue weighted by Crippen LogP contribution is -2.27. The Morgan fingerprint density at radius 2 is 2.00 bits per heavy atom. The van der Waals surface area contributed by atoms with Gasteiger partial charge >= 0.3 is 6.18 Å². The van der Waals surface area contributed by atoms with Gasteiger partial charge < -0.3 is 10.2 Å². The van der Waals surface area contributed by atoms with E-state index in [1.807, 2.05) is 30.4 Å². The molecule has 8 heteroatoms. The first kappa shape index (κ1) is 17.6. The van der Waals surface area contributed by atoms with Crippen molar-refractivity contribution in [3.63, 3.8) is 0 Å². The second kappa shape index (κ2) is 6.97. The first-order valence-corrected chi connectivity index (χ1v) is 8.50. The Hall–Kier alpha value is -2.19. The summed E-state index contributed by atoms with van der Waals surface area (Å²) in [6.45, 7) is 0.427. The molecule has 0 amide bonds. The van der Waals surface area contributed by atoms with E-state index in [4.69, 9.17) is 0 Å². The van der Waals surface area contributed by atoms with Gasteiger partial charge in [0.1, 0.15) is 17.0 Å². The molecule has 0 aliphatic rings. The van der Waals surface area contributed by atoms with Crippen LogP contribution in [0.25, 0.3) is 10.2 Å². The summed E-state index contributed by atoms with van der Waals surface area (Å²) in [5, 5.41) is 6.09. The van der Waals surface area contributed by atoms with E-state index < -0.39 is 11.7 Å². The highest BCUT2D eigenvalue weighted by Crippen LogP contribution is 2.32. The topological polar surface area (TPSA) is 41.0 Å². The molecular formula is C17H17F3N4S. The monoisotopic (exact) mass is 366 g/mol. The van der Waals surface area contributed by atoms with Gasteiger partial charge in [0.05, 0.1) is 17.0 Å². The van der Waals surface area contributed by atoms with Gasteiger partial charge in [0.15, 0.2) is 0 Å². The summed E-state index contributed by atoms with van der Waals surface area (Å²) in [6.07, 6.45) is -2.87. The third-order valence-corrected chi connectivity index (χ3v) is 4.77. The number of halogens is 3. The Bertz CT molecular complexity index is 860. The van der Waals surface area contributed by atoms with Gasteiger partial charge in [-0.15, -0.1) is 11.3 Å². The summed E-state index contributed by atoms with van der Waals surface area (Å²) in [4.78, 5) is 11.2. The minimum Gasteiger partial charge on any atom is -0.368 e. The zero-order valence-corrected chi connectivity index (χ0v) is 14.5. The van der Waals surface area contributed by atoms with Crippen molar-refractivity contribution in [1.29, 1.82) is 0 Å². The molecule has 25 heavy (non-hydrogen) atoms. The van der Waals surface area contributed by atoms with Gasteiger partial charge in [-0.2, -0.15) is 13.2 Å². The van der Waals surface area contributed by atoms with Gasteiger partial charge in [-0.25, -0.2) is 9.97 Å². The summed E-state index contributed by atoms with van der Waals surface area (Å²) < 4.78 is 38.9. The van der Waals surface area contributed by atoms with E-state index in [9.17, 15) is 13.2 Å². The zero-order valence-electron chi connectivity index (χ0n) is 13.7. The smallest absolute Gasteiger partial charge is 0.368 e. The molecule has 4 nitrogen and oxygen atoms in total. The van der Waals surface area contributed by atoms with Crippen molar-refractivity contribution in [3.05, 3.63) is 53.2 Å². The largest absolute Gasteiger partial charge is 0.416 e. The van der Waals surface area contributed by atoms with Crippen LogP contribution < -0.4 is 5.32 Å². The molecule has 132 valence electrons. The number of aromatic nitrogens is 2. The van der Waals surface area contributed by atoms with Crippen molar-refractivity contribution in [2.75, 3.05) is 26.0 Å². The molecule has 0 aliphatic carbocycles. The Morgan fingerprint density at radius 1 is 1.20 bits per heavy atom. The first-order chi connectivity index (χ1) is 11.9. The normalized spacial score (nSPS) is 13.4. The fourth-order valence-corrected chi connectivity index (χ4v) is 3.38. The number of nitrogens with one attached hydrogen (secondary N) is 1. The molecule has 0 radical (unpaired) electrons. The molecule has 2 aromatic heterocycles. The predicted octanol–water partition coefficient (Wildman–Crippen LogP) is 4.42. The molecule has 0 bridgehead atoms. The van der Waals surface area contributed by atoms with Gasteiger partial charge in [-0.1, -0.05) is 12.1 Å². The molecule has 1 unspecified atom stereocenters. The van der Waals surface area contributed by atoms with Crippen LogP contribution in [0.4, 0.5) is 19.0 Å². The highest BCUT2D eigenvalue weighted by molar-refractivity contribution is 7.16. The number of fused-ring (bicyclic) bond motifs is 1. The number of hydrogen-bond acceptors (Lipinski definition) is 5. The van der Waals surface area contributed by atoms with Crippen LogP contribution in [-0.2, 0) is 6.18 Å². The van der Waals surface area contributed by atoms with E-state index in [-0.39, 0.29) is 6.04 Å². The minimum atomic E-state index is -4.35. The number of rotatable bonds is 5. The molecule has 3 aromatic rings. The number of likely N-dealkylation sites (N-methyl/N-ethyl adjacent to an activating group) is 1. The molecule has 0 saturated carbocycles. The Balaban J connectivity index is 1.84. The van der Waals surface area contributed by atoms with E-state index in [2.05, 4.69) is 15.3 Å². The van der Waals surface area contributed by atoms with Gasteiger partial charge in [-0.05, 0) is 43.2 Å². The SMILES string of the molecule is CN(C)C(CNc1ncnc2sccc12)c1cccc(C(F)(F)F)c1. The van der Waals surface area contributed by atoms with Crippen molar-refractivity contribution in [2.45, 2.75) is 12.2 Å². The third-order valence-electron chi connectivity index (χ3n) is 3.95. The van der Waals surface area contributed by atoms with Crippen LogP contribution in [0.2, 0.25) is 0 Å². The standard InChI is InChI=1S/C17H17F3N4S/c1-24(2)14(11-4-3-5-12(8-11)17(18,19)20)9-21-15-13-6-7-25-16(13)23-10-22-15/h3-8,10,14H,9H2,1-2H3,(H,21,22,23). The fraction of sp³-hybridized carbons (Fsp3) is 0.294. The van der Waals surface area contributed by atoms with Crippen molar-refractivity contribution < 1.29 is 13.2 Å². The van der Waals surface area contributed by atoms with Crippen molar-refractivity contribution >= 4 is 27.4 Å². The number of alkyl halides is 3. The summed E-state index contributed by atoms with van der Waals surface area (Å²) in [5.74, 6) is 0.685. The molecule has 0 spiro atoms. The molecule has 0 aliphatic heterocycles. The second-order valence-electron chi connectivity index (χ2n) is 5.85. The second-order valence-corrected chi connectivity index (χ2v) is 6.74. The van der Waals surface area contributed by atoms with Crippen LogP contribution in [0.3, 0.4) is 0 Å². The predicted molar refractivity (Wildman–Crippen MR) is 93.8 cm³/mol. The van der Waals surface area contributed by atoms with E-state index >= 15 is 0 Å². The third kappa shape index (κ3) is 3.91. The molecule has 2 heterocycles. The minimum absolute atomic E-state index is 0.231. The Morgan fingerprint density at radius 3 is 2.72 bits per heavy atom. The van der Waals surface area contributed by atoms with Crippen LogP contribution in [0.1, 0.15) is 17.2 Å². The number of thiophene rings is 1. The quantitative estimate of drug-likeness (QED) is 0.726. The summed E-state index contributed by atoms with van der Waals surface area (Å²) in [7, 11) is 3.68. The maximum atomic E-state index is 13.0. The Kier molecular flexibility index (Phi) is 4.91. The van der Waals surface area contributed by atoms with Gasteiger partial charge in [0.2, 0.25) is 0 Å². The van der Waals surface area contributed by atoms with Crippen LogP contribution in [0, 0.1) is 0 Å². The molecule has 1 atom stereocenters. The van der Waals surface area contributed by atoms with Crippen LogP contribution in [0.5, 0.6) is 0 Å². The van der Waals surface area contributed by atoms with Crippen LogP contribution in [0.15, 0.2) is 42.0 Å². The number of hydrogen-bond donors (Lipinski definition) is 1. The van der Waals surface area contributed by atoms with Crippen LogP contribution >= 0.6 is 11.3 Å². The van der Waals surface area contributed by atoms with Crippen molar-refractivity contribution in [2.24, 2.45) is 0 Å². The molecule has 3 rings (SSSR count). The molecule has 0 saturated heterocycles. The molecule has 1 aromatic carbocycles. The lowest BCUT2D eigenvalue weighted by molar-refractivity contribution is -0.137. The maximum absolute atomic E-state index is 13.0. The zero-order chi connectivity index (χ0) is 18.0. The highest BCUT2D eigenvalue weighted by atomic mass is 32.1. The lowest BCUT2D eigenvalue weighted by atomic mass is 10.0. The highest BCUT2D eigenvalue weighted by Gasteiger charge is 2.31. The van der Waals surface area contributed by atoms with Gasteiger partial charge in [0.25, 0.3) is 0 Å². The van der Waals surface area contributed by atoms with E-state index in [1.165, 1.54) is 29.8 Å². The van der Waals surface area contributed by atoms with Crippen LogP contribution in [-0.4, -0.2) is 35.5 Å². The van der Waals surface area contributed by atoms with Crippen molar-refractivity contribution in [3.8, 4) is 0 Å². The first-order valence-electron chi connectivity index (χ1n) is 7.62. The summed E-state index contributed by atoms with van der Waals surface area (Å²) in [5.41, 5.74) is -0.0398. The fourth-order valence-electron chi connectivity index (χ4n) is 2.65. The van der Waals surface area contributed by atoms with E-state index in [0.717, 1.165) is 16.3 Å². The average molecular weight is 366 g/mol. The maximum Gasteiger partial charge on any atom is 0.416 e.